The Labute approximate surface area is 150 Å². The van der Waals surface area contributed by atoms with Gasteiger partial charge < -0.3 is 10.6 Å². The fourth-order valence-corrected chi connectivity index (χ4v) is 2.70. The SMILES string of the molecule is Clc1cc(Cl)cc(Nc2cnnc(NCCc3ccccc3)n2)c1. The topological polar surface area (TPSA) is 62.7 Å². The minimum absolute atomic E-state index is 0.462. The molecule has 1 heterocycles. The number of anilines is 3. The van der Waals surface area contributed by atoms with Gasteiger partial charge in [0.15, 0.2) is 5.82 Å². The lowest BCUT2D eigenvalue weighted by molar-refractivity contribution is 0.929. The number of aromatic nitrogens is 3. The highest BCUT2D eigenvalue weighted by Crippen LogP contribution is 2.24. The summed E-state index contributed by atoms with van der Waals surface area (Å²) in [5.41, 5.74) is 1.99. The maximum Gasteiger partial charge on any atom is 0.244 e. The molecule has 0 spiro atoms. The molecule has 0 fully saturated rings. The van der Waals surface area contributed by atoms with E-state index in [1.807, 2.05) is 18.2 Å². The molecule has 3 aromatic rings. The minimum atomic E-state index is 0.462. The summed E-state index contributed by atoms with van der Waals surface area (Å²) >= 11 is 12.0. The van der Waals surface area contributed by atoms with Crippen molar-refractivity contribution in [2.24, 2.45) is 0 Å². The summed E-state index contributed by atoms with van der Waals surface area (Å²) < 4.78 is 0. The van der Waals surface area contributed by atoms with Gasteiger partial charge in [0.05, 0.1) is 6.20 Å². The number of hydrogen-bond donors (Lipinski definition) is 2. The van der Waals surface area contributed by atoms with Gasteiger partial charge in [0.1, 0.15) is 0 Å². The molecule has 0 saturated carbocycles. The van der Waals surface area contributed by atoms with Gasteiger partial charge in [-0.2, -0.15) is 10.1 Å². The summed E-state index contributed by atoms with van der Waals surface area (Å²) in [7, 11) is 0. The van der Waals surface area contributed by atoms with E-state index in [1.165, 1.54) is 11.8 Å². The third-order valence-electron chi connectivity index (χ3n) is 3.23. The highest BCUT2D eigenvalue weighted by atomic mass is 35.5. The van der Waals surface area contributed by atoms with E-state index in [0.29, 0.717) is 21.8 Å². The summed E-state index contributed by atoms with van der Waals surface area (Å²) in [6.07, 6.45) is 2.42. The lowest BCUT2D eigenvalue weighted by atomic mass is 10.1. The van der Waals surface area contributed by atoms with E-state index in [-0.39, 0.29) is 0 Å². The molecule has 122 valence electrons. The van der Waals surface area contributed by atoms with Crippen molar-refractivity contribution in [3.63, 3.8) is 0 Å². The Balaban J connectivity index is 1.61. The average molecular weight is 360 g/mol. The first-order valence-electron chi connectivity index (χ1n) is 7.40. The van der Waals surface area contributed by atoms with E-state index in [4.69, 9.17) is 23.2 Å². The second-order valence-electron chi connectivity index (χ2n) is 5.11. The standard InChI is InChI=1S/C17H15Cl2N5/c18-13-8-14(19)10-15(9-13)22-16-11-21-24-17(23-16)20-7-6-12-4-2-1-3-5-12/h1-5,8-11H,6-7H2,(H2,20,22,23,24). The quantitative estimate of drug-likeness (QED) is 0.674. The molecule has 7 heteroatoms. The Morgan fingerprint density at radius 3 is 2.46 bits per heavy atom. The highest BCUT2D eigenvalue weighted by Gasteiger charge is 2.03. The molecule has 1 aromatic heterocycles. The van der Waals surface area contributed by atoms with Crippen LogP contribution < -0.4 is 10.6 Å². The lowest BCUT2D eigenvalue weighted by Gasteiger charge is -2.08. The van der Waals surface area contributed by atoms with Crippen molar-refractivity contribution in [1.82, 2.24) is 15.2 Å². The zero-order chi connectivity index (χ0) is 16.8. The zero-order valence-corrected chi connectivity index (χ0v) is 14.2. The second kappa shape index (κ2) is 7.95. The molecule has 0 aliphatic rings. The molecule has 0 atom stereocenters. The predicted octanol–water partition coefficient (Wildman–Crippen LogP) is 4.58. The van der Waals surface area contributed by atoms with Crippen LogP contribution in [-0.2, 0) is 6.42 Å². The summed E-state index contributed by atoms with van der Waals surface area (Å²) in [6, 6.07) is 15.4. The van der Waals surface area contributed by atoms with Crippen molar-refractivity contribution in [2.75, 3.05) is 17.2 Å². The van der Waals surface area contributed by atoms with Crippen LogP contribution in [0, 0.1) is 0 Å². The van der Waals surface area contributed by atoms with Gasteiger partial charge >= 0.3 is 0 Å². The number of halogens is 2. The Kier molecular flexibility index (Phi) is 5.46. The maximum atomic E-state index is 5.99. The molecule has 0 saturated heterocycles. The molecule has 0 amide bonds. The lowest BCUT2D eigenvalue weighted by Crippen LogP contribution is -2.09. The van der Waals surface area contributed by atoms with E-state index >= 15 is 0 Å². The normalized spacial score (nSPS) is 10.4. The van der Waals surface area contributed by atoms with Gasteiger partial charge in [-0.05, 0) is 30.2 Å². The van der Waals surface area contributed by atoms with Crippen LogP contribution in [0.15, 0.2) is 54.7 Å². The summed E-state index contributed by atoms with van der Waals surface area (Å²) in [5, 5.41) is 15.3. The van der Waals surface area contributed by atoms with Crippen molar-refractivity contribution >= 4 is 40.7 Å². The molecule has 2 N–H and O–H groups in total. The van der Waals surface area contributed by atoms with E-state index in [0.717, 1.165) is 18.7 Å². The molecule has 3 rings (SSSR count). The average Bonchev–Trinajstić information content (AvgIpc) is 2.55. The first-order chi connectivity index (χ1) is 11.7. The molecule has 24 heavy (non-hydrogen) atoms. The molecule has 5 nitrogen and oxygen atoms in total. The van der Waals surface area contributed by atoms with Crippen LogP contribution in [0.5, 0.6) is 0 Å². The van der Waals surface area contributed by atoms with E-state index in [1.54, 1.807) is 18.2 Å². The van der Waals surface area contributed by atoms with Crippen LogP contribution in [0.4, 0.5) is 17.5 Å². The van der Waals surface area contributed by atoms with Crippen molar-refractivity contribution in [3.05, 3.63) is 70.3 Å². The molecule has 0 radical (unpaired) electrons. The predicted molar refractivity (Wildman–Crippen MR) is 98.2 cm³/mol. The third kappa shape index (κ3) is 4.81. The van der Waals surface area contributed by atoms with Crippen LogP contribution in [0.1, 0.15) is 5.56 Å². The minimum Gasteiger partial charge on any atom is -0.353 e. The Bertz CT molecular complexity index is 791. The van der Waals surface area contributed by atoms with Crippen LogP contribution in [-0.4, -0.2) is 21.7 Å². The molecule has 0 aliphatic carbocycles. The smallest absolute Gasteiger partial charge is 0.244 e. The number of hydrogen-bond acceptors (Lipinski definition) is 5. The first-order valence-corrected chi connectivity index (χ1v) is 8.15. The molecular formula is C17H15Cl2N5. The van der Waals surface area contributed by atoms with Crippen molar-refractivity contribution in [1.29, 1.82) is 0 Å². The summed E-state index contributed by atoms with van der Waals surface area (Å²) in [6.45, 7) is 0.720. The maximum absolute atomic E-state index is 5.99. The number of rotatable bonds is 6. The van der Waals surface area contributed by atoms with Crippen LogP contribution >= 0.6 is 23.2 Å². The van der Waals surface area contributed by atoms with Crippen molar-refractivity contribution in [3.8, 4) is 0 Å². The van der Waals surface area contributed by atoms with Crippen LogP contribution in [0.3, 0.4) is 0 Å². The van der Waals surface area contributed by atoms with Gasteiger partial charge in [0, 0.05) is 22.3 Å². The van der Waals surface area contributed by atoms with E-state index in [9.17, 15) is 0 Å². The van der Waals surface area contributed by atoms with Crippen molar-refractivity contribution < 1.29 is 0 Å². The van der Waals surface area contributed by atoms with E-state index < -0.39 is 0 Å². The molecule has 0 aliphatic heterocycles. The van der Waals surface area contributed by atoms with Gasteiger partial charge in [-0.15, -0.1) is 5.10 Å². The van der Waals surface area contributed by atoms with Crippen LogP contribution in [0.25, 0.3) is 0 Å². The first kappa shape index (κ1) is 16.5. The Morgan fingerprint density at radius 2 is 1.71 bits per heavy atom. The van der Waals surface area contributed by atoms with Gasteiger partial charge in [0.2, 0.25) is 5.95 Å². The zero-order valence-electron chi connectivity index (χ0n) is 12.7. The third-order valence-corrected chi connectivity index (χ3v) is 3.67. The monoisotopic (exact) mass is 359 g/mol. The second-order valence-corrected chi connectivity index (χ2v) is 5.98. The van der Waals surface area contributed by atoms with Gasteiger partial charge in [0.25, 0.3) is 0 Å². The highest BCUT2D eigenvalue weighted by molar-refractivity contribution is 6.35. The fraction of sp³-hybridized carbons (Fsp3) is 0.118. The Hall–Kier alpha value is -2.37. The van der Waals surface area contributed by atoms with E-state index in [2.05, 4.69) is 37.9 Å². The van der Waals surface area contributed by atoms with Crippen molar-refractivity contribution in [2.45, 2.75) is 6.42 Å². The molecule has 2 aromatic carbocycles. The van der Waals surface area contributed by atoms with Gasteiger partial charge in [-0.3, -0.25) is 0 Å². The summed E-state index contributed by atoms with van der Waals surface area (Å²) in [5.74, 6) is 1.02. The summed E-state index contributed by atoms with van der Waals surface area (Å²) in [4.78, 5) is 4.38. The fourth-order valence-electron chi connectivity index (χ4n) is 2.18. The molecule has 0 bridgehead atoms. The molecule has 0 unspecified atom stereocenters. The Morgan fingerprint density at radius 1 is 0.958 bits per heavy atom. The van der Waals surface area contributed by atoms with Gasteiger partial charge in [-0.25, -0.2) is 0 Å². The van der Waals surface area contributed by atoms with Gasteiger partial charge in [-0.1, -0.05) is 53.5 Å². The number of benzene rings is 2. The largest absolute Gasteiger partial charge is 0.353 e. The number of nitrogens with zero attached hydrogens (tertiary/aromatic N) is 3. The number of nitrogens with one attached hydrogen (secondary N) is 2. The molecular weight excluding hydrogens is 345 g/mol. The van der Waals surface area contributed by atoms with Crippen LogP contribution in [0.2, 0.25) is 10.0 Å².